The Balaban J connectivity index is 2.42. The molecule has 4 nitrogen and oxygen atoms in total. The molecule has 0 heterocycles. The highest BCUT2D eigenvalue weighted by Gasteiger charge is 2.01. The monoisotopic (exact) mass is 236 g/mol. The van der Waals surface area contributed by atoms with Gasteiger partial charge in [0.1, 0.15) is 5.75 Å². The molecule has 1 aromatic carbocycles. The number of carbonyl (C=O) groups is 1. The van der Waals surface area contributed by atoms with Crippen LogP contribution in [0.3, 0.4) is 0 Å². The van der Waals surface area contributed by atoms with Crippen LogP contribution in [0, 0.1) is 6.92 Å². The van der Waals surface area contributed by atoms with E-state index >= 15 is 0 Å². The van der Waals surface area contributed by atoms with E-state index < -0.39 is 0 Å². The number of ether oxygens (including phenoxy) is 1. The van der Waals surface area contributed by atoms with Gasteiger partial charge in [0, 0.05) is 6.54 Å². The lowest BCUT2D eigenvalue weighted by molar-refractivity contribution is -0.120. The molecule has 0 saturated carbocycles. The molecule has 0 saturated heterocycles. The van der Waals surface area contributed by atoms with Gasteiger partial charge in [-0.2, -0.15) is 0 Å². The van der Waals surface area contributed by atoms with E-state index in [2.05, 4.69) is 16.7 Å². The van der Waals surface area contributed by atoms with Crippen molar-refractivity contribution in [3.63, 3.8) is 0 Å². The van der Waals surface area contributed by atoms with Gasteiger partial charge in [-0.05, 0) is 37.6 Å². The third-order valence-electron chi connectivity index (χ3n) is 2.53. The third-order valence-corrected chi connectivity index (χ3v) is 2.53. The third kappa shape index (κ3) is 4.44. The summed E-state index contributed by atoms with van der Waals surface area (Å²) in [6.07, 6.45) is 0.834. The fraction of sp³-hybridized carbons (Fsp3) is 0.462. The summed E-state index contributed by atoms with van der Waals surface area (Å²) < 4.78 is 5.20. The first kappa shape index (κ1) is 13.5. The number of amides is 1. The van der Waals surface area contributed by atoms with Gasteiger partial charge in [-0.15, -0.1) is 0 Å². The van der Waals surface area contributed by atoms with E-state index in [4.69, 9.17) is 4.74 Å². The van der Waals surface area contributed by atoms with Gasteiger partial charge in [0.25, 0.3) is 0 Å². The molecule has 0 bridgehead atoms. The molecule has 0 aliphatic heterocycles. The lowest BCUT2D eigenvalue weighted by Gasteiger charge is -2.08. The summed E-state index contributed by atoms with van der Waals surface area (Å²) in [6.45, 7) is 3.04. The quantitative estimate of drug-likeness (QED) is 0.771. The molecule has 0 radical (unpaired) electrons. The molecule has 0 aliphatic rings. The number of benzene rings is 1. The summed E-state index contributed by atoms with van der Waals surface area (Å²) in [5.41, 5.74) is 2.32. The Hall–Kier alpha value is -1.55. The molecule has 0 fully saturated rings. The van der Waals surface area contributed by atoms with E-state index in [-0.39, 0.29) is 5.91 Å². The average Bonchev–Trinajstić information content (AvgIpc) is 2.29. The van der Waals surface area contributed by atoms with Crippen molar-refractivity contribution in [1.29, 1.82) is 0 Å². The van der Waals surface area contributed by atoms with Crippen LogP contribution in [0.1, 0.15) is 11.1 Å². The van der Waals surface area contributed by atoms with Crippen LogP contribution in [-0.4, -0.2) is 33.2 Å². The van der Waals surface area contributed by atoms with Gasteiger partial charge in [0.15, 0.2) is 0 Å². The predicted molar refractivity (Wildman–Crippen MR) is 68.4 cm³/mol. The van der Waals surface area contributed by atoms with Gasteiger partial charge in [-0.1, -0.05) is 12.1 Å². The summed E-state index contributed by atoms with van der Waals surface area (Å²) >= 11 is 0. The van der Waals surface area contributed by atoms with E-state index in [1.165, 1.54) is 5.56 Å². The first-order chi connectivity index (χ1) is 8.17. The topological polar surface area (TPSA) is 50.4 Å². The van der Waals surface area contributed by atoms with Crippen molar-refractivity contribution in [3.8, 4) is 5.75 Å². The van der Waals surface area contributed by atoms with Crippen molar-refractivity contribution in [2.24, 2.45) is 0 Å². The van der Waals surface area contributed by atoms with Crippen LogP contribution in [0.25, 0.3) is 0 Å². The summed E-state index contributed by atoms with van der Waals surface area (Å²) in [5, 5.41) is 5.66. The van der Waals surface area contributed by atoms with E-state index in [1.807, 2.05) is 19.1 Å². The fourth-order valence-corrected chi connectivity index (χ4v) is 1.67. The maximum Gasteiger partial charge on any atom is 0.233 e. The molecule has 4 heteroatoms. The summed E-state index contributed by atoms with van der Waals surface area (Å²) in [6, 6.07) is 6.07. The highest BCUT2D eigenvalue weighted by Crippen LogP contribution is 2.18. The fourth-order valence-electron chi connectivity index (χ4n) is 1.67. The van der Waals surface area contributed by atoms with Crippen molar-refractivity contribution >= 4 is 5.91 Å². The maximum absolute atomic E-state index is 11.2. The Morgan fingerprint density at radius 2 is 2.18 bits per heavy atom. The molecule has 17 heavy (non-hydrogen) atoms. The van der Waals surface area contributed by atoms with Gasteiger partial charge < -0.3 is 15.4 Å². The second kappa shape index (κ2) is 6.91. The minimum atomic E-state index is 0.0257. The van der Waals surface area contributed by atoms with Crippen LogP contribution < -0.4 is 15.4 Å². The molecule has 1 amide bonds. The first-order valence-corrected chi connectivity index (χ1v) is 5.72. The predicted octanol–water partition coefficient (Wildman–Crippen LogP) is 0.882. The summed E-state index contributed by atoms with van der Waals surface area (Å²) in [7, 11) is 3.42. The largest absolute Gasteiger partial charge is 0.496 e. The minimum Gasteiger partial charge on any atom is -0.496 e. The van der Waals surface area contributed by atoms with Gasteiger partial charge in [0.05, 0.1) is 13.7 Å². The van der Waals surface area contributed by atoms with Crippen LogP contribution in [0.4, 0.5) is 0 Å². The molecule has 0 atom stereocenters. The zero-order valence-corrected chi connectivity index (χ0v) is 10.7. The van der Waals surface area contributed by atoms with Crippen LogP contribution in [0.15, 0.2) is 18.2 Å². The molecule has 1 aromatic rings. The van der Waals surface area contributed by atoms with Crippen LogP contribution in [0.5, 0.6) is 5.75 Å². The molecule has 0 spiro atoms. The minimum absolute atomic E-state index is 0.0257. The Bertz CT molecular complexity index is 378. The summed E-state index contributed by atoms with van der Waals surface area (Å²) in [4.78, 5) is 11.2. The van der Waals surface area contributed by atoms with Crippen molar-refractivity contribution in [2.75, 3.05) is 27.2 Å². The van der Waals surface area contributed by atoms with Crippen LogP contribution in [0.2, 0.25) is 0 Å². The van der Waals surface area contributed by atoms with Gasteiger partial charge >= 0.3 is 0 Å². The lowest BCUT2D eigenvalue weighted by atomic mass is 10.1. The highest BCUT2D eigenvalue weighted by molar-refractivity contribution is 5.77. The Morgan fingerprint density at radius 3 is 2.76 bits per heavy atom. The van der Waals surface area contributed by atoms with Crippen LogP contribution >= 0.6 is 0 Å². The number of aryl methyl sites for hydroxylation is 1. The van der Waals surface area contributed by atoms with Gasteiger partial charge in [-0.3, -0.25) is 4.79 Å². The molecular weight excluding hydrogens is 216 g/mol. The van der Waals surface area contributed by atoms with Crippen molar-refractivity contribution in [2.45, 2.75) is 13.3 Å². The number of methoxy groups -OCH3 is 1. The molecule has 1 rings (SSSR count). The average molecular weight is 236 g/mol. The molecule has 2 N–H and O–H groups in total. The molecule has 0 aliphatic carbocycles. The Kier molecular flexibility index (Phi) is 5.49. The standard InChI is InChI=1S/C13H20N2O2/c1-10-8-11(4-5-12(10)17-3)6-7-15-13(16)9-14-2/h4-5,8,14H,6-7,9H2,1-3H3,(H,15,16). The van der Waals surface area contributed by atoms with E-state index in [0.29, 0.717) is 13.1 Å². The first-order valence-electron chi connectivity index (χ1n) is 5.72. The number of hydrogen-bond donors (Lipinski definition) is 2. The van der Waals surface area contributed by atoms with E-state index in [0.717, 1.165) is 17.7 Å². The summed E-state index contributed by atoms with van der Waals surface area (Å²) in [5.74, 6) is 0.922. The number of rotatable bonds is 6. The number of likely N-dealkylation sites (N-methyl/N-ethyl adjacent to an activating group) is 1. The van der Waals surface area contributed by atoms with Gasteiger partial charge in [0.2, 0.25) is 5.91 Å². The van der Waals surface area contributed by atoms with Gasteiger partial charge in [-0.25, -0.2) is 0 Å². The SMILES string of the molecule is CNCC(=O)NCCc1ccc(OC)c(C)c1. The Morgan fingerprint density at radius 1 is 1.41 bits per heavy atom. The highest BCUT2D eigenvalue weighted by atomic mass is 16.5. The molecule has 0 aromatic heterocycles. The van der Waals surface area contributed by atoms with Crippen molar-refractivity contribution in [3.05, 3.63) is 29.3 Å². The van der Waals surface area contributed by atoms with E-state index in [1.54, 1.807) is 14.2 Å². The molecule has 0 unspecified atom stereocenters. The number of hydrogen-bond acceptors (Lipinski definition) is 3. The zero-order valence-electron chi connectivity index (χ0n) is 10.7. The molecule has 94 valence electrons. The zero-order chi connectivity index (χ0) is 12.7. The van der Waals surface area contributed by atoms with Crippen molar-refractivity contribution < 1.29 is 9.53 Å². The molecular formula is C13H20N2O2. The van der Waals surface area contributed by atoms with E-state index in [9.17, 15) is 4.79 Å². The second-order valence-electron chi connectivity index (χ2n) is 3.93. The van der Waals surface area contributed by atoms with Crippen LogP contribution in [-0.2, 0) is 11.2 Å². The lowest BCUT2D eigenvalue weighted by Crippen LogP contribution is -2.33. The number of nitrogens with one attached hydrogen (secondary N) is 2. The smallest absolute Gasteiger partial charge is 0.233 e. The van der Waals surface area contributed by atoms with Crippen molar-refractivity contribution in [1.82, 2.24) is 10.6 Å². The Labute approximate surface area is 102 Å². The normalized spacial score (nSPS) is 10.1. The second-order valence-corrected chi connectivity index (χ2v) is 3.93. The maximum atomic E-state index is 11.2. The number of carbonyl (C=O) groups excluding carboxylic acids is 1.